The average Bonchev–Trinajstić information content (AvgIpc) is 3.15. The number of rotatable bonds is 5. The van der Waals surface area contributed by atoms with Gasteiger partial charge in [0.05, 0.1) is 24.5 Å². The summed E-state index contributed by atoms with van der Waals surface area (Å²) in [7, 11) is 1.30. The van der Waals surface area contributed by atoms with Gasteiger partial charge in [-0.1, -0.05) is 6.92 Å². The van der Waals surface area contributed by atoms with Gasteiger partial charge in [0.15, 0.2) is 0 Å². The molecule has 0 aliphatic rings. The maximum Gasteiger partial charge on any atom is 0.337 e. The summed E-state index contributed by atoms with van der Waals surface area (Å²) < 4.78 is 6.50. The molecule has 1 amide bonds. The summed E-state index contributed by atoms with van der Waals surface area (Å²) in [6.07, 6.45) is 3.49. The van der Waals surface area contributed by atoms with Gasteiger partial charge in [0.25, 0.3) is 5.56 Å². The summed E-state index contributed by atoms with van der Waals surface area (Å²) in [5.74, 6) is -0.797. The Morgan fingerprint density at radius 3 is 2.67 bits per heavy atom. The van der Waals surface area contributed by atoms with Gasteiger partial charge in [-0.15, -0.1) is 11.3 Å². The number of thiophene rings is 1. The van der Waals surface area contributed by atoms with Crippen molar-refractivity contribution in [3.05, 3.63) is 64.8 Å². The van der Waals surface area contributed by atoms with E-state index in [2.05, 4.69) is 20.0 Å². The SMILES string of the molecule is CC[C@@H](C(=O)Nc1ccc(C(=O)OC)cc1)n1cnc2c(sc3ncccc32)c1=O. The number of amides is 1. The number of fused-ring (bicyclic) bond motifs is 3. The largest absolute Gasteiger partial charge is 0.465 e. The lowest BCUT2D eigenvalue weighted by Crippen LogP contribution is -2.33. The summed E-state index contributed by atoms with van der Waals surface area (Å²) in [6, 6.07) is 9.29. The van der Waals surface area contributed by atoms with Crippen molar-refractivity contribution in [3.63, 3.8) is 0 Å². The van der Waals surface area contributed by atoms with E-state index < -0.39 is 12.0 Å². The van der Waals surface area contributed by atoms with Gasteiger partial charge in [-0.3, -0.25) is 14.2 Å². The molecular weight excluding hydrogens is 404 g/mol. The highest BCUT2D eigenvalue weighted by Gasteiger charge is 2.22. The van der Waals surface area contributed by atoms with Crippen LogP contribution in [0.4, 0.5) is 5.69 Å². The Morgan fingerprint density at radius 2 is 1.97 bits per heavy atom. The van der Waals surface area contributed by atoms with Gasteiger partial charge in [-0.25, -0.2) is 14.8 Å². The van der Waals surface area contributed by atoms with Crippen molar-refractivity contribution in [1.82, 2.24) is 14.5 Å². The fraction of sp³-hybridized carbons (Fsp3) is 0.190. The second-order valence-corrected chi connectivity index (χ2v) is 7.57. The number of carbonyl (C=O) groups is 2. The van der Waals surface area contributed by atoms with E-state index in [1.807, 2.05) is 13.0 Å². The van der Waals surface area contributed by atoms with Crippen molar-refractivity contribution in [2.24, 2.45) is 0 Å². The molecule has 1 atom stereocenters. The molecule has 30 heavy (non-hydrogen) atoms. The van der Waals surface area contributed by atoms with Gasteiger partial charge in [0, 0.05) is 17.3 Å². The second kappa shape index (κ2) is 8.03. The van der Waals surface area contributed by atoms with Crippen LogP contribution in [-0.2, 0) is 9.53 Å². The number of pyridine rings is 1. The number of hydrogen-bond donors (Lipinski definition) is 1. The zero-order valence-corrected chi connectivity index (χ0v) is 17.1. The van der Waals surface area contributed by atoms with Crippen molar-refractivity contribution in [2.75, 3.05) is 12.4 Å². The number of carbonyl (C=O) groups excluding carboxylic acids is 2. The van der Waals surface area contributed by atoms with Crippen LogP contribution in [0.3, 0.4) is 0 Å². The molecule has 0 spiro atoms. The van der Waals surface area contributed by atoms with Crippen LogP contribution in [0.25, 0.3) is 20.4 Å². The fourth-order valence-corrected chi connectivity index (χ4v) is 4.28. The molecule has 3 aromatic heterocycles. The predicted molar refractivity (Wildman–Crippen MR) is 115 cm³/mol. The Kier molecular flexibility index (Phi) is 5.28. The molecule has 152 valence electrons. The van der Waals surface area contributed by atoms with Crippen LogP contribution in [0.5, 0.6) is 0 Å². The van der Waals surface area contributed by atoms with Crippen molar-refractivity contribution in [3.8, 4) is 0 Å². The van der Waals surface area contributed by atoms with E-state index in [-0.39, 0.29) is 11.5 Å². The lowest BCUT2D eigenvalue weighted by molar-refractivity contribution is -0.119. The molecule has 1 aromatic carbocycles. The highest BCUT2D eigenvalue weighted by atomic mass is 32.1. The number of anilines is 1. The van der Waals surface area contributed by atoms with Crippen LogP contribution >= 0.6 is 11.3 Å². The number of esters is 1. The molecule has 0 fully saturated rings. The Labute approximate surface area is 175 Å². The minimum absolute atomic E-state index is 0.272. The van der Waals surface area contributed by atoms with Crippen LogP contribution in [0.1, 0.15) is 29.7 Å². The minimum atomic E-state index is -0.729. The molecule has 0 bridgehead atoms. The third-order valence-electron chi connectivity index (χ3n) is 4.78. The molecule has 9 heteroatoms. The summed E-state index contributed by atoms with van der Waals surface area (Å²) in [5.41, 5.74) is 1.22. The lowest BCUT2D eigenvalue weighted by Gasteiger charge is -2.17. The lowest BCUT2D eigenvalue weighted by atomic mass is 10.1. The molecule has 0 radical (unpaired) electrons. The Morgan fingerprint density at radius 1 is 1.20 bits per heavy atom. The smallest absolute Gasteiger partial charge is 0.337 e. The third-order valence-corrected chi connectivity index (χ3v) is 5.87. The van der Waals surface area contributed by atoms with Crippen molar-refractivity contribution in [1.29, 1.82) is 0 Å². The highest BCUT2D eigenvalue weighted by molar-refractivity contribution is 7.25. The molecule has 1 N–H and O–H groups in total. The number of aromatic nitrogens is 3. The van der Waals surface area contributed by atoms with Gasteiger partial charge in [0.1, 0.15) is 15.6 Å². The van der Waals surface area contributed by atoms with Crippen LogP contribution in [0, 0.1) is 0 Å². The normalized spacial score (nSPS) is 12.1. The minimum Gasteiger partial charge on any atom is -0.465 e. The number of ether oxygens (including phenoxy) is 1. The number of methoxy groups -OCH3 is 1. The van der Waals surface area contributed by atoms with E-state index in [4.69, 9.17) is 0 Å². The van der Waals surface area contributed by atoms with Gasteiger partial charge in [0.2, 0.25) is 5.91 Å². The number of hydrogen-bond acceptors (Lipinski definition) is 7. The fourth-order valence-electron chi connectivity index (χ4n) is 3.25. The van der Waals surface area contributed by atoms with Gasteiger partial charge in [-0.05, 0) is 42.8 Å². The Bertz CT molecular complexity index is 1310. The van der Waals surface area contributed by atoms with Gasteiger partial charge < -0.3 is 10.1 Å². The maximum absolute atomic E-state index is 13.1. The quantitative estimate of drug-likeness (QED) is 0.495. The first-order chi connectivity index (χ1) is 14.5. The monoisotopic (exact) mass is 422 g/mol. The third kappa shape index (κ3) is 3.43. The maximum atomic E-state index is 13.1. The molecule has 0 aliphatic carbocycles. The summed E-state index contributed by atoms with van der Waals surface area (Å²) in [6.45, 7) is 1.83. The van der Waals surface area contributed by atoms with E-state index in [0.29, 0.717) is 27.9 Å². The molecule has 8 nitrogen and oxygen atoms in total. The van der Waals surface area contributed by atoms with E-state index in [9.17, 15) is 14.4 Å². The number of benzene rings is 1. The van der Waals surface area contributed by atoms with Gasteiger partial charge >= 0.3 is 5.97 Å². The molecule has 0 unspecified atom stereocenters. The number of nitrogens with one attached hydrogen (secondary N) is 1. The van der Waals surface area contributed by atoms with Crippen LogP contribution in [0.15, 0.2) is 53.7 Å². The Hall–Kier alpha value is -3.59. The first-order valence-corrected chi connectivity index (χ1v) is 10.1. The molecule has 3 heterocycles. The van der Waals surface area contributed by atoms with Gasteiger partial charge in [-0.2, -0.15) is 0 Å². The van der Waals surface area contributed by atoms with Crippen molar-refractivity contribution in [2.45, 2.75) is 19.4 Å². The zero-order chi connectivity index (χ0) is 21.3. The van der Waals surface area contributed by atoms with Crippen LogP contribution in [0.2, 0.25) is 0 Å². The van der Waals surface area contributed by atoms with E-state index in [1.165, 1.54) is 29.3 Å². The van der Waals surface area contributed by atoms with Crippen molar-refractivity contribution >= 4 is 49.3 Å². The molecule has 0 saturated heterocycles. The summed E-state index contributed by atoms with van der Waals surface area (Å²) in [5, 5.41) is 3.61. The molecule has 4 rings (SSSR count). The molecule has 4 aromatic rings. The summed E-state index contributed by atoms with van der Waals surface area (Å²) in [4.78, 5) is 47.0. The second-order valence-electron chi connectivity index (χ2n) is 6.58. The average molecular weight is 422 g/mol. The molecule has 0 saturated carbocycles. The van der Waals surface area contributed by atoms with Crippen LogP contribution in [-0.4, -0.2) is 33.5 Å². The summed E-state index contributed by atoms with van der Waals surface area (Å²) >= 11 is 1.27. The standard InChI is InChI=1S/C21H18N4O4S/c1-3-15(18(26)24-13-8-6-12(7-9-13)21(28)29-2)25-11-23-16-14-5-4-10-22-19(14)30-17(16)20(25)27/h4-11,15H,3H2,1-2H3,(H,24,26)/t15-/m0/s1. The predicted octanol–water partition coefficient (Wildman–Crippen LogP) is 3.38. The number of nitrogens with zero attached hydrogens (tertiary/aromatic N) is 3. The van der Waals surface area contributed by atoms with E-state index in [0.717, 1.165) is 10.2 Å². The molecular formula is C21H18N4O4S. The first kappa shape index (κ1) is 19.7. The topological polar surface area (TPSA) is 103 Å². The van der Waals surface area contributed by atoms with Crippen LogP contribution < -0.4 is 10.9 Å². The Balaban J connectivity index is 1.64. The highest BCUT2D eigenvalue weighted by Crippen LogP contribution is 2.28. The zero-order valence-electron chi connectivity index (χ0n) is 16.3. The van der Waals surface area contributed by atoms with E-state index in [1.54, 1.807) is 36.5 Å². The van der Waals surface area contributed by atoms with E-state index >= 15 is 0 Å². The molecule has 0 aliphatic heterocycles. The first-order valence-electron chi connectivity index (χ1n) is 9.27. The van der Waals surface area contributed by atoms with Crippen molar-refractivity contribution < 1.29 is 14.3 Å².